The lowest BCUT2D eigenvalue weighted by atomic mass is 9.85. The number of aromatic nitrogens is 1. The molecule has 1 aromatic heterocycles. The molecule has 2 N–H and O–H groups in total. The topological polar surface area (TPSA) is 91.8 Å². The molecule has 0 aromatic carbocycles. The van der Waals surface area contributed by atoms with Crippen LogP contribution in [0.1, 0.15) is 54.4 Å². The summed E-state index contributed by atoms with van der Waals surface area (Å²) in [4.78, 5) is 29.9. The Morgan fingerprint density at radius 2 is 2.21 bits per heavy atom. The number of carbonyl (C=O) groups excluding carboxylic acids is 1. The predicted molar refractivity (Wildman–Crippen MR) is 91.3 cm³/mol. The SMILES string of the molecule is CCOC(C)c1ncc(C(=O)NC2CC(N(CC)CC(=O)O)C2)s1. The molecule has 1 fully saturated rings. The maximum absolute atomic E-state index is 12.3. The van der Waals surface area contributed by atoms with Gasteiger partial charge in [0.2, 0.25) is 0 Å². The molecule has 0 aliphatic heterocycles. The highest BCUT2D eigenvalue weighted by molar-refractivity contribution is 7.13. The molecular weight excluding hydrogens is 330 g/mol. The lowest BCUT2D eigenvalue weighted by molar-refractivity contribution is -0.139. The minimum Gasteiger partial charge on any atom is -0.480 e. The molecule has 1 amide bonds. The maximum Gasteiger partial charge on any atom is 0.317 e. The van der Waals surface area contributed by atoms with Gasteiger partial charge in [-0.25, -0.2) is 4.98 Å². The van der Waals surface area contributed by atoms with Crippen molar-refractivity contribution < 1.29 is 19.4 Å². The molecule has 8 heteroatoms. The molecule has 0 spiro atoms. The van der Waals surface area contributed by atoms with E-state index in [1.165, 1.54) is 11.3 Å². The number of nitrogens with one attached hydrogen (secondary N) is 1. The summed E-state index contributed by atoms with van der Waals surface area (Å²) in [6.07, 6.45) is 3.05. The lowest BCUT2D eigenvalue weighted by Crippen LogP contribution is -2.54. The first-order valence-electron chi connectivity index (χ1n) is 8.28. The Hall–Kier alpha value is -1.51. The molecule has 0 radical (unpaired) electrons. The Morgan fingerprint density at radius 3 is 2.79 bits per heavy atom. The Labute approximate surface area is 146 Å². The third-order valence-electron chi connectivity index (χ3n) is 4.22. The first kappa shape index (κ1) is 18.8. The van der Waals surface area contributed by atoms with E-state index >= 15 is 0 Å². The number of thiazole rings is 1. The number of ether oxygens (including phenoxy) is 1. The van der Waals surface area contributed by atoms with Gasteiger partial charge in [0.15, 0.2) is 0 Å². The molecular formula is C16H25N3O4S. The van der Waals surface area contributed by atoms with E-state index in [9.17, 15) is 9.59 Å². The number of hydrogen-bond donors (Lipinski definition) is 2. The first-order valence-corrected chi connectivity index (χ1v) is 9.10. The van der Waals surface area contributed by atoms with Crippen molar-refractivity contribution >= 4 is 23.2 Å². The first-order chi connectivity index (χ1) is 11.4. The van der Waals surface area contributed by atoms with Crippen molar-refractivity contribution in [2.45, 2.75) is 51.8 Å². The minimum absolute atomic E-state index is 0.0509. The van der Waals surface area contributed by atoms with Crippen molar-refractivity contribution in [3.63, 3.8) is 0 Å². The van der Waals surface area contributed by atoms with Crippen LogP contribution >= 0.6 is 11.3 Å². The van der Waals surface area contributed by atoms with Crippen molar-refractivity contribution in [1.29, 1.82) is 0 Å². The molecule has 0 saturated heterocycles. The lowest BCUT2D eigenvalue weighted by Gasteiger charge is -2.42. The van der Waals surface area contributed by atoms with Crippen molar-refractivity contribution in [2.75, 3.05) is 19.7 Å². The zero-order valence-electron chi connectivity index (χ0n) is 14.3. The smallest absolute Gasteiger partial charge is 0.317 e. The fourth-order valence-electron chi connectivity index (χ4n) is 2.83. The van der Waals surface area contributed by atoms with Gasteiger partial charge in [0.25, 0.3) is 5.91 Å². The molecule has 0 bridgehead atoms. The van der Waals surface area contributed by atoms with Crippen molar-refractivity contribution in [2.24, 2.45) is 0 Å². The highest BCUT2D eigenvalue weighted by Crippen LogP contribution is 2.27. The summed E-state index contributed by atoms with van der Waals surface area (Å²) in [6.45, 7) is 7.15. The molecule has 1 heterocycles. The molecule has 134 valence electrons. The predicted octanol–water partition coefficient (Wildman–Crippen LogP) is 1.91. The van der Waals surface area contributed by atoms with Gasteiger partial charge >= 0.3 is 5.97 Å². The molecule has 7 nitrogen and oxygen atoms in total. The third-order valence-corrected chi connectivity index (χ3v) is 5.38. The van der Waals surface area contributed by atoms with Crippen molar-refractivity contribution in [1.82, 2.24) is 15.2 Å². The van der Waals surface area contributed by atoms with Crippen LogP contribution < -0.4 is 5.32 Å². The summed E-state index contributed by atoms with van der Waals surface area (Å²) in [7, 11) is 0. The zero-order chi connectivity index (χ0) is 17.7. The fourth-order valence-corrected chi connectivity index (χ4v) is 3.66. The van der Waals surface area contributed by atoms with Crippen LogP contribution in [-0.4, -0.2) is 58.6 Å². The van der Waals surface area contributed by atoms with E-state index in [4.69, 9.17) is 9.84 Å². The van der Waals surface area contributed by atoms with Crippen molar-refractivity contribution in [3.05, 3.63) is 16.1 Å². The van der Waals surface area contributed by atoms with Crippen LogP contribution in [0.4, 0.5) is 0 Å². The Bertz CT molecular complexity index is 571. The summed E-state index contributed by atoms with van der Waals surface area (Å²) in [5.74, 6) is -0.933. The number of carboxylic acid groups (broad SMARTS) is 1. The minimum atomic E-state index is -0.815. The van der Waals surface area contributed by atoms with E-state index < -0.39 is 5.97 Å². The summed E-state index contributed by atoms with van der Waals surface area (Å²) >= 11 is 1.35. The summed E-state index contributed by atoms with van der Waals surface area (Å²) < 4.78 is 5.48. The molecule has 2 rings (SSSR count). The molecule has 1 saturated carbocycles. The molecule has 1 aromatic rings. The number of aliphatic carboxylic acids is 1. The van der Waals surface area contributed by atoms with E-state index in [1.807, 2.05) is 25.7 Å². The monoisotopic (exact) mass is 355 g/mol. The highest BCUT2D eigenvalue weighted by Gasteiger charge is 2.35. The second-order valence-corrected chi connectivity index (χ2v) is 6.97. The average molecular weight is 355 g/mol. The average Bonchev–Trinajstić information content (AvgIpc) is 2.98. The normalized spacial score (nSPS) is 21.3. The highest BCUT2D eigenvalue weighted by atomic mass is 32.1. The van der Waals surface area contributed by atoms with Crippen LogP contribution in [0.2, 0.25) is 0 Å². The molecule has 1 aliphatic rings. The van der Waals surface area contributed by atoms with Crippen LogP contribution in [-0.2, 0) is 9.53 Å². The van der Waals surface area contributed by atoms with Gasteiger partial charge in [0.05, 0.1) is 12.7 Å². The second kappa shape index (κ2) is 8.55. The summed E-state index contributed by atoms with van der Waals surface area (Å²) in [5.41, 5.74) is 0. The number of rotatable bonds is 9. The van der Waals surface area contributed by atoms with Gasteiger partial charge in [0.1, 0.15) is 16.0 Å². The Morgan fingerprint density at radius 1 is 1.50 bits per heavy atom. The van der Waals surface area contributed by atoms with Crippen LogP contribution in [0.3, 0.4) is 0 Å². The van der Waals surface area contributed by atoms with Crippen LogP contribution in [0, 0.1) is 0 Å². The molecule has 1 unspecified atom stereocenters. The van der Waals surface area contributed by atoms with Gasteiger partial charge in [-0.2, -0.15) is 0 Å². The quantitative estimate of drug-likeness (QED) is 0.703. The van der Waals surface area contributed by atoms with E-state index in [0.717, 1.165) is 17.8 Å². The zero-order valence-corrected chi connectivity index (χ0v) is 15.1. The van der Waals surface area contributed by atoms with Gasteiger partial charge in [-0.05, 0) is 33.2 Å². The number of hydrogen-bond acceptors (Lipinski definition) is 6. The number of carbonyl (C=O) groups is 2. The van der Waals surface area contributed by atoms with Gasteiger partial charge in [-0.3, -0.25) is 14.5 Å². The van der Waals surface area contributed by atoms with Crippen LogP contribution in [0.25, 0.3) is 0 Å². The number of carboxylic acids is 1. The largest absolute Gasteiger partial charge is 0.480 e. The summed E-state index contributed by atoms with van der Waals surface area (Å²) in [5, 5.41) is 12.7. The van der Waals surface area contributed by atoms with Gasteiger partial charge < -0.3 is 15.2 Å². The molecule has 24 heavy (non-hydrogen) atoms. The number of amides is 1. The van der Waals surface area contributed by atoms with Gasteiger partial charge in [-0.1, -0.05) is 6.92 Å². The van der Waals surface area contributed by atoms with Crippen LogP contribution in [0.5, 0.6) is 0 Å². The second-order valence-electron chi connectivity index (χ2n) is 5.91. The van der Waals surface area contributed by atoms with Crippen LogP contribution in [0.15, 0.2) is 6.20 Å². The van der Waals surface area contributed by atoms with Gasteiger partial charge in [-0.15, -0.1) is 11.3 Å². The van der Waals surface area contributed by atoms with E-state index in [1.54, 1.807) is 6.20 Å². The van der Waals surface area contributed by atoms with E-state index in [-0.39, 0.29) is 30.6 Å². The van der Waals surface area contributed by atoms with E-state index in [0.29, 0.717) is 18.0 Å². The Kier molecular flexibility index (Phi) is 6.70. The van der Waals surface area contributed by atoms with E-state index in [2.05, 4.69) is 10.3 Å². The molecule has 1 atom stereocenters. The number of likely N-dealkylation sites (N-methyl/N-ethyl adjacent to an activating group) is 1. The Balaban J connectivity index is 1.81. The molecule has 1 aliphatic carbocycles. The number of nitrogens with zero attached hydrogens (tertiary/aromatic N) is 2. The fraction of sp³-hybridized carbons (Fsp3) is 0.688. The summed E-state index contributed by atoms with van der Waals surface area (Å²) in [6, 6.07) is 0.326. The standard InChI is InChI=1S/C16H25N3O4S/c1-4-19(9-14(20)21)12-6-11(7-12)18-15(22)13-8-17-16(24-13)10(3)23-5-2/h8,10-12H,4-7,9H2,1-3H3,(H,18,22)(H,20,21). The maximum atomic E-state index is 12.3. The third kappa shape index (κ3) is 4.75. The van der Waals surface area contributed by atoms with Gasteiger partial charge in [0, 0.05) is 18.7 Å². The van der Waals surface area contributed by atoms with Crippen molar-refractivity contribution in [3.8, 4) is 0 Å².